The first-order chi connectivity index (χ1) is 10.2. The molecule has 1 saturated carbocycles. The molecule has 3 heteroatoms. The van der Waals surface area contributed by atoms with E-state index < -0.39 is 5.60 Å². The summed E-state index contributed by atoms with van der Waals surface area (Å²) in [6.45, 7) is 0.985. The van der Waals surface area contributed by atoms with E-state index in [1.54, 1.807) is 0 Å². The average molecular weight is 285 g/mol. The van der Waals surface area contributed by atoms with Crippen molar-refractivity contribution in [3.05, 3.63) is 42.5 Å². The Kier molecular flexibility index (Phi) is 4.13. The van der Waals surface area contributed by atoms with Gasteiger partial charge in [-0.05, 0) is 48.1 Å². The van der Waals surface area contributed by atoms with Crippen molar-refractivity contribution in [3.8, 4) is 5.75 Å². The van der Waals surface area contributed by atoms with E-state index in [4.69, 9.17) is 10.5 Å². The van der Waals surface area contributed by atoms with Gasteiger partial charge in [-0.15, -0.1) is 0 Å². The van der Waals surface area contributed by atoms with Crippen LogP contribution in [0.2, 0.25) is 0 Å². The van der Waals surface area contributed by atoms with E-state index in [2.05, 4.69) is 24.3 Å². The molecule has 112 valence electrons. The molecule has 2 aromatic rings. The number of aliphatic hydroxyl groups is 1. The molecule has 0 spiro atoms. The molecule has 3 nitrogen and oxygen atoms in total. The van der Waals surface area contributed by atoms with E-state index in [0.29, 0.717) is 13.2 Å². The molecule has 0 aliphatic heterocycles. The van der Waals surface area contributed by atoms with Crippen molar-refractivity contribution in [3.63, 3.8) is 0 Å². The first-order valence-corrected chi connectivity index (χ1v) is 7.75. The van der Waals surface area contributed by atoms with E-state index in [0.717, 1.165) is 31.4 Å². The lowest BCUT2D eigenvalue weighted by Gasteiger charge is -2.28. The van der Waals surface area contributed by atoms with Crippen molar-refractivity contribution in [1.82, 2.24) is 0 Å². The average Bonchev–Trinajstić information content (AvgIpc) is 2.89. The minimum Gasteiger partial charge on any atom is -0.494 e. The van der Waals surface area contributed by atoms with Crippen LogP contribution in [0.15, 0.2) is 42.5 Å². The second kappa shape index (κ2) is 6.04. The number of fused-ring (bicyclic) bond motifs is 1. The van der Waals surface area contributed by atoms with Gasteiger partial charge in [-0.3, -0.25) is 0 Å². The smallest absolute Gasteiger partial charge is 0.119 e. The fraction of sp³-hybridized carbons (Fsp3) is 0.444. The lowest BCUT2D eigenvalue weighted by molar-refractivity contribution is 0.00355. The first-order valence-electron chi connectivity index (χ1n) is 7.75. The molecule has 21 heavy (non-hydrogen) atoms. The Morgan fingerprint density at radius 2 is 2.00 bits per heavy atom. The van der Waals surface area contributed by atoms with Crippen molar-refractivity contribution < 1.29 is 9.84 Å². The highest BCUT2D eigenvalue weighted by molar-refractivity contribution is 5.83. The minimum atomic E-state index is -0.674. The van der Waals surface area contributed by atoms with Gasteiger partial charge in [0.25, 0.3) is 0 Å². The van der Waals surface area contributed by atoms with Crippen molar-refractivity contribution in [2.75, 3.05) is 13.2 Å². The molecular weight excluding hydrogens is 262 g/mol. The lowest BCUT2D eigenvalue weighted by Crippen LogP contribution is -2.41. The maximum absolute atomic E-state index is 10.4. The van der Waals surface area contributed by atoms with E-state index in [1.165, 1.54) is 10.8 Å². The van der Waals surface area contributed by atoms with Crippen LogP contribution in [0.5, 0.6) is 5.75 Å². The third kappa shape index (κ3) is 3.04. The molecule has 0 aromatic heterocycles. The molecule has 2 atom stereocenters. The monoisotopic (exact) mass is 285 g/mol. The van der Waals surface area contributed by atoms with Crippen LogP contribution in [0.1, 0.15) is 25.7 Å². The number of ether oxygens (including phenoxy) is 1. The highest BCUT2D eigenvalue weighted by atomic mass is 16.5. The van der Waals surface area contributed by atoms with Crippen molar-refractivity contribution in [2.24, 2.45) is 11.7 Å². The molecule has 3 rings (SSSR count). The van der Waals surface area contributed by atoms with Gasteiger partial charge >= 0.3 is 0 Å². The summed E-state index contributed by atoms with van der Waals surface area (Å²) in [7, 11) is 0. The quantitative estimate of drug-likeness (QED) is 0.887. The van der Waals surface area contributed by atoms with Gasteiger partial charge in [0.1, 0.15) is 5.75 Å². The highest BCUT2D eigenvalue weighted by Gasteiger charge is 2.39. The van der Waals surface area contributed by atoms with Crippen LogP contribution in [0.4, 0.5) is 0 Å². The van der Waals surface area contributed by atoms with E-state index in [9.17, 15) is 5.11 Å². The summed E-state index contributed by atoms with van der Waals surface area (Å²) in [5.41, 5.74) is 5.04. The summed E-state index contributed by atoms with van der Waals surface area (Å²) in [6, 6.07) is 14.4. The van der Waals surface area contributed by atoms with Gasteiger partial charge in [-0.2, -0.15) is 0 Å². The van der Waals surface area contributed by atoms with E-state index in [-0.39, 0.29) is 5.92 Å². The predicted octanol–water partition coefficient (Wildman–Crippen LogP) is 3.10. The topological polar surface area (TPSA) is 55.5 Å². The molecule has 0 radical (unpaired) electrons. The molecule has 3 N–H and O–H groups in total. The fourth-order valence-corrected chi connectivity index (χ4v) is 3.39. The second-order valence-corrected chi connectivity index (χ2v) is 6.04. The Morgan fingerprint density at radius 1 is 1.19 bits per heavy atom. The number of hydrogen-bond acceptors (Lipinski definition) is 3. The van der Waals surface area contributed by atoms with Gasteiger partial charge in [0, 0.05) is 6.54 Å². The zero-order valence-electron chi connectivity index (χ0n) is 12.3. The van der Waals surface area contributed by atoms with Crippen LogP contribution in [0, 0.1) is 5.92 Å². The largest absolute Gasteiger partial charge is 0.494 e. The zero-order chi connectivity index (χ0) is 14.7. The summed E-state index contributed by atoms with van der Waals surface area (Å²) in [6.07, 6.45) is 3.80. The third-order valence-corrected chi connectivity index (χ3v) is 4.73. The molecule has 2 unspecified atom stereocenters. The Hall–Kier alpha value is -1.58. The predicted molar refractivity (Wildman–Crippen MR) is 85.4 cm³/mol. The molecule has 1 aliphatic carbocycles. The molecule has 2 aromatic carbocycles. The maximum atomic E-state index is 10.4. The third-order valence-electron chi connectivity index (χ3n) is 4.73. The van der Waals surface area contributed by atoms with E-state index >= 15 is 0 Å². The molecule has 0 saturated heterocycles. The summed E-state index contributed by atoms with van der Waals surface area (Å²) < 4.78 is 5.86. The van der Waals surface area contributed by atoms with Gasteiger partial charge in [0.15, 0.2) is 0 Å². The van der Waals surface area contributed by atoms with Crippen LogP contribution in [-0.4, -0.2) is 23.9 Å². The molecule has 1 aliphatic rings. The Bertz CT molecular complexity index is 613. The van der Waals surface area contributed by atoms with Crippen LogP contribution >= 0.6 is 0 Å². The zero-order valence-corrected chi connectivity index (χ0v) is 12.3. The Morgan fingerprint density at radius 3 is 2.81 bits per heavy atom. The highest BCUT2D eigenvalue weighted by Crippen LogP contribution is 2.37. The normalized spacial score (nSPS) is 25.3. The molecule has 0 amide bonds. The summed E-state index contributed by atoms with van der Waals surface area (Å²) >= 11 is 0. The first kappa shape index (κ1) is 14.4. The summed E-state index contributed by atoms with van der Waals surface area (Å²) in [5.74, 6) is 1.16. The summed E-state index contributed by atoms with van der Waals surface area (Å²) in [4.78, 5) is 0. The molecule has 0 heterocycles. The number of hydrogen-bond donors (Lipinski definition) is 2. The van der Waals surface area contributed by atoms with Gasteiger partial charge < -0.3 is 15.6 Å². The van der Waals surface area contributed by atoms with Crippen molar-refractivity contribution in [2.45, 2.75) is 31.3 Å². The van der Waals surface area contributed by atoms with Crippen LogP contribution in [-0.2, 0) is 0 Å². The Balaban J connectivity index is 1.59. The second-order valence-electron chi connectivity index (χ2n) is 6.04. The van der Waals surface area contributed by atoms with Gasteiger partial charge in [-0.1, -0.05) is 36.8 Å². The fourth-order valence-electron chi connectivity index (χ4n) is 3.39. The molecule has 1 fully saturated rings. The number of rotatable bonds is 5. The lowest BCUT2D eigenvalue weighted by atomic mass is 9.88. The van der Waals surface area contributed by atoms with Crippen molar-refractivity contribution in [1.29, 1.82) is 0 Å². The van der Waals surface area contributed by atoms with Gasteiger partial charge in [0.2, 0.25) is 0 Å². The van der Waals surface area contributed by atoms with Gasteiger partial charge in [-0.25, -0.2) is 0 Å². The van der Waals surface area contributed by atoms with E-state index in [1.807, 2.05) is 18.2 Å². The summed E-state index contributed by atoms with van der Waals surface area (Å²) in [5, 5.41) is 12.8. The van der Waals surface area contributed by atoms with Crippen LogP contribution in [0.3, 0.4) is 0 Å². The van der Waals surface area contributed by atoms with Crippen molar-refractivity contribution >= 4 is 10.8 Å². The number of nitrogens with two attached hydrogens (primary N) is 1. The van der Waals surface area contributed by atoms with Crippen LogP contribution in [0.25, 0.3) is 10.8 Å². The Labute approximate surface area is 125 Å². The number of benzene rings is 2. The standard InChI is InChI=1S/C18H23NO2/c19-13-18(20)10-3-6-16(18)9-11-21-17-8-7-14-4-1-2-5-15(14)12-17/h1-2,4-5,7-8,12,16,20H,3,6,9-11,13,19H2. The van der Waals surface area contributed by atoms with Crippen LogP contribution < -0.4 is 10.5 Å². The maximum Gasteiger partial charge on any atom is 0.119 e. The SMILES string of the molecule is NCC1(O)CCCC1CCOc1ccc2ccccc2c1. The minimum absolute atomic E-state index is 0.267. The molecular formula is C18H23NO2. The van der Waals surface area contributed by atoms with Gasteiger partial charge in [0.05, 0.1) is 12.2 Å². The molecule has 0 bridgehead atoms.